The molecule has 2 aromatic rings. The molecule has 0 heterocycles. The summed E-state index contributed by atoms with van der Waals surface area (Å²) in [5.74, 6) is 0.815. The van der Waals surface area contributed by atoms with Crippen LogP contribution in [0.2, 0.25) is 0 Å². The summed E-state index contributed by atoms with van der Waals surface area (Å²) < 4.78 is 10.9. The number of unbranched alkanes of at least 4 members (excludes halogenated alkanes) is 5. The minimum Gasteiger partial charge on any atom is -0.427 e. The molecule has 0 amide bonds. The van der Waals surface area contributed by atoms with Crippen molar-refractivity contribution in [1.29, 1.82) is 0 Å². The molecular weight excluding hydrogens is 388 g/mol. The van der Waals surface area contributed by atoms with Gasteiger partial charge in [-0.05, 0) is 53.6 Å². The van der Waals surface area contributed by atoms with Crippen molar-refractivity contribution in [1.82, 2.24) is 0 Å². The van der Waals surface area contributed by atoms with Crippen LogP contribution in [0.25, 0.3) is 11.1 Å². The molecular formula is C27H34O4. The van der Waals surface area contributed by atoms with Gasteiger partial charge in [0.1, 0.15) is 11.5 Å². The molecule has 1 unspecified atom stereocenters. The number of benzene rings is 2. The lowest BCUT2D eigenvalue weighted by molar-refractivity contribution is -0.136. The highest BCUT2D eigenvalue weighted by Gasteiger charge is 2.51. The van der Waals surface area contributed by atoms with Crippen LogP contribution in [-0.2, 0) is 9.59 Å². The highest BCUT2D eigenvalue weighted by Crippen LogP contribution is 2.52. The van der Waals surface area contributed by atoms with Gasteiger partial charge in [-0.25, -0.2) is 0 Å². The third-order valence-electron chi connectivity index (χ3n) is 6.02. The van der Waals surface area contributed by atoms with Gasteiger partial charge in [0, 0.05) is 6.42 Å². The average Bonchev–Trinajstić information content (AvgIpc) is 3.40. The van der Waals surface area contributed by atoms with E-state index in [4.69, 9.17) is 9.47 Å². The zero-order chi connectivity index (χ0) is 22.3. The number of hydrogen-bond donors (Lipinski definition) is 0. The average molecular weight is 423 g/mol. The van der Waals surface area contributed by atoms with Crippen LogP contribution in [0, 0.1) is 11.3 Å². The van der Waals surface area contributed by atoms with Gasteiger partial charge in [-0.15, -0.1) is 0 Å². The Balaban J connectivity index is 1.45. The van der Waals surface area contributed by atoms with E-state index in [-0.39, 0.29) is 23.3 Å². The van der Waals surface area contributed by atoms with E-state index in [0.717, 1.165) is 30.4 Å². The maximum Gasteiger partial charge on any atom is 0.314 e. The van der Waals surface area contributed by atoms with E-state index in [1.54, 1.807) is 0 Å². The number of hydrogen-bond acceptors (Lipinski definition) is 4. The van der Waals surface area contributed by atoms with Crippen LogP contribution < -0.4 is 9.47 Å². The molecule has 4 nitrogen and oxygen atoms in total. The Morgan fingerprint density at radius 2 is 1.29 bits per heavy atom. The fourth-order valence-corrected chi connectivity index (χ4v) is 3.72. The van der Waals surface area contributed by atoms with Crippen molar-refractivity contribution in [2.24, 2.45) is 11.3 Å². The molecule has 4 heteroatoms. The van der Waals surface area contributed by atoms with Crippen LogP contribution in [0.3, 0.4) is 0 Å². The summed E-state index contributed by atoms with van der Waals surface area (Å²) in [5.41, 5.74) is 2.09. The summed E-state index contributed by atoms with van der Waals surface area (Å²) in [6.07, 6.45) is 8.25. The van der Waals surface area contributed by atoms with Gasteiger partial charge in [-0.3, -0.25) is 9.59 Å². The van der Waals surface area contributed by atoms with Gasteiger partial charge in [0.05, 0.1) is 5.92 Å². The van der Waals surface area contributed by atoms with Crippen LogP contribution in [0.4, 0.5) is 0 Å². The second kappa shape index (κ2) is 10.6. The first-order valence-corrected chi connectivity index (χ1v) is 11.5. The van der Waals surface area contributed by atoms with E-state index in [2.05, 4.69) is 20.8 Å². The van der Waals surface area contributed by atoms with Crippen LogP contribution >= 0.6 is 0 Å². The Kier molecular flexibility index (Phi) is 7.89. The van der Waals surface area contributed by atoms with Gasteiger partial charge in [0.25, 0.3) is 0 Å². The van der Waals surface area contributed by atoms with E-state index < -0.39 is 0 Å². The van der Waals surface area contributed by atoms with Crippen molar-refractivity contribution in [3.63, 3.8) is 0 Å². The van der Waals surface area contributed by atoms with Crippen LogP contribution in [-0.4, -0.2) is 11.9 Å². The van der Waals surface area contributed by atoms with Crippen molar-refractivity contribution in [3.05, 3.63) is 48.5 Å². The molecule has 0 saturated heterocycles. The molecule has 1 aliphatic rings. The molecule has 166 valence electrons. The lowest BCUT2D eigenvalue weighted by Crippen LogP contribution is -2.13. The van der Waals surface area contributed by atoms with E-state index in [9.17, 15) is 9.59 Å². The number of rotatable bonds is 11. The standard InChI is InChI=1S/C27H34O4/c1-4-5-6-7-8-9-10-25(28)30-22-15-11-20(12-16-22)21-13-17-23(18-14-21)31-26(29)24-19-27(24,2)3/h11-18,24H,4-10,19H2,1-3H3. The third kappa shape index (κ3) is 6.95. The molecule has 1 saturated carbocycles. The van der Waals surface area contributed by atoms with Crippen molar-refractivity contribution >= 4 is 11.9 Å². The largest absolute Gasteiger partial charge is 0.427 e. The minimum absolute atomic E-state index is 0.00323. The van der Waals surface area contributed by atoms with E-state index in [1.807, 2.05) is 48.5 Å². The molecule has 0 aromatic heterocycles. The van der Waals surface area contributed by atoms with Crippen molar-refractivity contribution in [3.8, 4) is 22.6 Å². The highest BCUT2D eigenvalue weighted by molar-refractivity contribution is 5.79. The molecule has 0 spiro atoms. The number of ether oxygens (including phenoxy) is 2. The van der Waals surface area contributed by atoms with Crippen LogP contribution in [0.15, 0.2) is 48.5 Å². The Morgan fingerprint density at radius 1 is 0.806 bits per heavy atom. The lowest BCUT2D eigenvalue weighted by atomic mass is 10.1. The number of carbonyl (C=O) groups is 2. The van der Waals surface area contributed by atoms with E-state index >= 15 is 0 Å². The Morgan fingerprint density at radius 3 is 1.81 bits per heavy atom. The smallest absolute Gasteiger partial charge is 0.314 e. The summed E-state index contributed by atoms with van der Waals surface area (Å²) >= 11 is 0. The third-order valence-corrected chi connectivity index (χ3v) is 6.02. The number of carbonyl (C=O) groups excluding carboxylic acids is 2. The molecule has 31 heavy (non-hydrogen) atoms. The monoisotopic (exact) mass is 422 g/mol. The SMILES string of the molecule is CCCCCCCCC(=O)Oc1ccc(-c2ccc(OC(=O)C3CC3(C)C)cc2)cc1. The summed E-state index contributed by atoms with van der Waals surface area (Å²) in [6.45, 7) is 6.36. The van der Waals surface area contributed by atoms with Gasteiger partial charge in [-0.2, -0.15) is 0 Å². The van der Waals surface area contributed by atoms with Crippen LogP contribution in [0.1, 0.15) is 72.1 Å². The van der Waals surface area contributed by atoms with Gasteiger partial charge < -0.3 is 9.47 Å². The van der Waals surface area contributed by atoms with Gasteiger partial charge >= 0.3 is 11.9 Å². The summed E-state index contributed by atoms with van der Waals surface area (Å²) in [4.78, 5) is 24.1. The fourth-order valence-electron chi connectivity index (χ4n) is 3.72. The minimum atomic E-state index is -0.173. The quantitative estimate of drug-likeness (QED) is 0.223. The molecule has 0 N–H and O–H groups in total. The normalized spacial score (nSPS) is 16.5. The maximum absolute atomic E-state index is 12.1. The van der Waals surface area contributed by atoms with E-state index in [1.165, 1.54) is 25.7 Å². The Labute approximate surface area is 186 Å². The van der Waals surface area contributed by atoms with Crippen molar-refractivity contribution in [2.45, 2.75) is 72.1 Å². The molecule has 1 aliphatic carbocycles. The first-order valence-electron chi connectivity index (χ1n) is 11.5. The predicted molar refractivity (Wildman–Crippen MR) is 123 cm³/mol. The summed E-state index contributed by atoms with van der Waals surface area (Å²) in [6, 6.07) is 15.0. The molecule has 0 aliphatic heterocycles. The van der Waals surface area contributed by atoms with Gasteiger partial charge in [0.2, 0.25) is 0 Å². The van der Waals surface area contributed by atoms with Crippen LogP contribution in [0.5, 0.6) is 11.5 Å². The van der Waals surface area contributed by atoms with Gasteiger partial charge in [-0.1, -0.05) is 77.1 Å². The Hall–Kier alpha value is -2.62. The van der Waals surface area contributed by atoms with Gasteiger partial charge in [0.15, 0.2) is 0 Å². The first-order chi connectivity index (χ1) is 14.9. The predicted octanol–water partition coefficient (Wildman–Crippen LogP) is 6.96. The molecule has 0 bridgehead atoms. The van der Waals surface area contributed by atoms with Crippen molar-refractivity contribution in [2.75, 3.05) is 0 Å². The zero-order valence-corrected chi connectivity index (χ0v) is 19.0. The molecule has 2 aromatic carbocycles. The molecule has 3 rings (SSSR count). The second-order valence-electron chi connectivity index (χ2n) is 9.21. The van der Waals surface area contributed by atoms with Crippen molar-refractivity contribution < 1.29 is 19.1 Å². The Bertz CT molecular complexity index is 865. The summed E-state index contributed by atoms with van der Waals surface area (Å²) in [5, 5.41) is 0. The summed E-state index contributed by atoms with van der Waals surface area (Å²) in [7, 11) is 0. The van der Waals surface area contributed by atoms with E-state index in [0.29, 0.717) is 17.9 Å². The molecule has 1 fully saturated rings. The lowest BCUT2D eigenvalue weighted by Gasteiger charge is -2.08. The topological polar surface area (TPSA) is 52.6 Å². The maximum atomic E-state index is 12.1. The number of esters is 2. The molecule has 1 atom stereocenters. The second-order valence-corrected chi connectivity index (χ2v) is 9.21. The first kappa shape index (κ1) is 23.1. The fraction of sp³-hybridized carbons (Fsp3) is 0.481. The zero-order valence-electron chi connectivity index (χ0n) is 19.0. The molecule has 0 radical (unpaired) electrons. The highest BCUT2D eigenvalue weighted by atomic mass is 16.5.